The summed E-state index contributed by atoms with van der Waals surface area (Å²) in [6, 6.07) is 6.46. The Kier molecular flexibility index (Phi) is 2.22. The van der Waals surface area contributed by atoms with Gasteiger partial charge in [-0.2, -0.15) is 4.98 Å². The van der Waals surface area contributed by atoms with Crippen LogP contribution in [0.15, 0.2) is 22.7 Å². The van der Waals surface area contributed by atoms with Gasteiger partial charge in [0.2, 0.25) is 0 Å². The molecular weight excluding hydrogens is 232 g/mol. The van der Waals surface area contributed by atoms with Gasteiger partial charge in [-0.25, -0.2) is 0 Å². The van der Waals surface area contributed by atoms with Crippen LogP contribution in [0.4, 0.5) is 0 Å². The lowest BCUT2D eigenvalue weighted by atomic mass is 10.3. The topological polar surface area (TPSA) is 37.9 Å². The Morgan fingerprint density at radius 3 is 3.08 bits per heavy atom. The van der Waals surface area contributed by atoms with Gasteiger partial charge in [0.05, 0.1) is 12.1 Å². The monoisotopic (exact) mass is 240 g/mol. The van der Waals surface area contributed by atoms with Crippen molar-refractivity contribution in [2.24, 2.45) is 0 Å². The van der Waals surface area contributed by atoms with Gasteiger partial charge in [0.25, 0.3) is 6.01 Å². The summed E-state index contributed by atoms with van der Waals surface area (Å²) in [6.45, 7) is 2.56. The van der Waals surface area contributed by atoms with Gasteiger partial charge >= 0.3 is 0 Å². The zero-order chi connectivity index (χ0) is 9.26. The molecule has 68 valence electrons. The fourth-order valence-corrected chi connectivity index (χ4v) is 1.63. The molecule has 1 aromatic carbocycles. The molecule has 0 aliphatic rings. The van der Waals surface area contributed by atoms with Crippen molar-refractivity contribution in [3.8, 4) is 6.01 Å². The molecule has 1 N–H and O–H groups in total. The van der Waals surface area contributed by atoms with Gasteiger partial charge in [-0.15, -0.1) is 0 Å². The Morgan fingerprint density at radius 2 is 2.38 bits per heavy atom. The fraction of sp³-hybridized carbons (Fsp3) is 0.222. The highest BCUT2D eigenvalue weighted by molar-refractivity contribution is 9.10. The van der Waals surface area contributed by atoms with E-state index in [1.54, 1.807) is 0 Å². The number of fused-ring (bicyclic) bond motifs is 1. The molecule has 0 aliphatic heterocycles. The first kappa shape index (κ1) is 8.56. The van der Waals surface area contributed by atoms with Crippen LogP contribution in [-0.4, -0.2) is 16.6 Å². The molecule has 3 nitrogen and oxygen atoms in total. The van der Waals surface area contributed by atoms with Crippen LogP contribution < -0.4 is 4.74 Å². The Labute approximate surface area is 84.3 Å². The molecule has 0 atom stereocenters. The Bertz CT molecular complexity index is 424. The van der Waals surface area contributed by atoms with Crippen molar-refractivity contribution in [1.29, 1.82) is 0 Å². The molecular formula is C9H9BrN2O. The first-order valence-electron chi connectivity index (χ1n) is 4.08. The van der Waals surface area contributed by atoms with Gasteiger partial charge < -0.3 is 9.72 Å². The van der Waals surface area contributed by atoms with E-state index in [-0.39, 0.29) is 0 Å². The van der Waals surface area contributed by atoms with Crippen LogP contribution in [0.25, 0.3) is 11.0 Å². The van der Waals surface area contributed by atoms with Crippen molar-refractivity contribution in [1.82, 2.24) is 9.97 Å². The largest absolute Gasteiger partial charge is 0.465 e. The molecule has 4 heteroatoms. The molecule has 2 rings (SSSR count). The molecule has 0 aliphatic carbocycles. The van der Waals surface area contributed by atoms with Crippen molar-refractivity contribution in [3.63, 3.8) is 0 Å². The third kappa shape index (κ3) is 1.54. The molecule has 2 aromatic rings. The lowest BCUT2D eigenvalue weighted by Gasteiger charge is -1.93. The third-order valence-corrected chi connectivity index (χ3v) is 2.36. The molecule has 1 heterocycles. The maximum Gasteiger partial charge on any atom is 0.294 e. The minimum absolute atomic E-state index is 0.574. The zero-order valence-corrected chi connectivity index (χ0v) is 8.76. The number of aromatic nitrogens is 2. The molecule has 0 unspecified atom stereocenters. The molecule has 1 aromatic heterocycles. The third-order valence-electron chi connectivity index (χ3n) is 1.72. The lowest BCUT2D eigenvalue weighted by molar-refractivity contribution is 0.317. The maximum absolute atomic E-state index is 5.26. The number of ether oxygens (including phenoxy) is 1. The predicted molar refractivity (Wildman–Crippen MR) is 55.0 cm³/mol. The van der Waals surface area contributed by atoms with Crippen LogP contribution >= 0.6 is 15.9 Å². The number of benzene rings is 1. The molecule has 0 saturated heterocycles. The minimum Gasteiger partial charge on any atom is -0.465 e. The Hall–Kier alpha value is -1.03. The van der Waals surface area contributed by atoms with E-state index in [4.69, 9.17) is 4.74 Å². The number of nitrogens with zero attached hydrogens (tertiary/aromatic N) is 1. The summed E-state index contributed by atoms with van der Waals surface area (Å²) in [5.74, 6) is 0. The quantitative estimate of drug-likeness (QED) is 0.877. The number of para-hydroxylation sites is 1. The standard InChI is InChI=1S/C9H9BrN2O/c1-2-13-9-11-7-5-3-4-6(10)8(7)12-9/h3-5H,2H2,1H3,(H,11,12). The molecule has 0 amide bonds. The van der Waals surface area contributed by atoms with Gasteiger partial charge in [-0.3, -0.25) is 0 Å². The van der Waals surface area contributed by atoms with Crippen molar-refractivity contribution in [2.75, 3.05) is 6.61 Å². The van der Waals surface area contributed by atoms with Crippen molar-refractivity contribution in [2.45, 2.75) is 6.92 Å². The summed E-state index contributed by atoms with van der Waals surface area (Å²) in [6.07, 6.45) is 0. The van der Waals surface area contributed by atoms with E-state index < -0.39 is 0 Å². The van der Waals surface area contributed by atoms with Crippen LogP contribution in [0.5, 0.6) is 6.01 Å². The number of aromatic amines is 1. The van der Waals surface area contributed by atoms with Crippen LogP contribution in [0.2, 0.25) is 0 Å². The van der Waals surface area contributed by atoms with Crippen LogP contribution in [0, 0.1) is 0 Å². The number of halogens is 1. The zero-order valence-electron chi connectivity index (χ0n) is 7.17. The van der Waals surface area contributed by atoms with Crippen molar-refractivity contribution < 1.29 is 4.74 Å². The van der Waals surface area contributed by atoms with Crippen LogP contribution in [0.1, 0.15) is 6.92 Å². The Morgan fingerprint density at radius 1 is 1.54 bits per heavy atom. The summed E-state index contributed by atoms with van der Waals surface area (Å²) in [4.78, 5) is 7.35. The molecule has 13 heavy (non-hydrogen) atoms. The first-order chi connectivity index (χ1) is 6.31. The van der Waals surface area contributed by atoms with E-state index in [2.05, 4.69) is 25.9 Å². The van der Waals surface area contributed by atoms with E-state index in [1.807, 2.05) is 25.1 Å². The van der Waals surface area contributed by atoms with Gasteiger partial charge in [0.1, 0.15) is 5.52 Å². The highest BCUT2D eigenvalue weighted by atomic mass is 79.9. The van der Waals surface area contributed by atoms with E-state index in [0.29, 0.717) is 12.6 Å². The van der Waals surface area contributed by atoms with Crippen LogP contribution in [-0.2, 0) is 0 Å². The number of H-pyrrole nitrogens is 1. The second kappa shape index (κ2) is 3.38. The molecule has 0 radical (unpaired) electrons. The highest BCUT2D eigenvalue weighted by Gasteiger charge is 2.04. The smallest absolute Gasteiger partial charge is 0.294 e. The number of hydrogen-bond acceptors (Lipinski definition) is 2. The second-order valence-electron chi connectivity index (χ2n) is 2.61. The van der Waals surface area contributed by atoms with Gasteiger partial charge in [-0.05, 0) is 35.0 Å². The van der Waals surface area contributed by atoms with E-state index in [1.165, 1.54) is 0 Å². The predicted octanol–water partition coefficient (Wildman–Crippen LogP) is 2.72. The van der Waals surface area contributed by atoms with Gasteiger partial charge in [0.15, 0.2) is 0 Å². The number of imidazole rings is 1. The van der Waals surface area contributed by atoms with Gasteiger partial charge in [0, 0.05) is 4.47 Å². The van der Waals surface area contributed by atoms with Crippen LogP contribution in [0.3, 0.4) is 0 Å². The highest BCUT2D eigenvalue weighted by Crippen LogP contribution is 2.23. The Balaban J connectivity index is 2.55. The van der Waals surface area contributed by atoms with E-state index in [9.17, 15) is 0 Å². The second-order valence-corrected chi connectivity index (χ2v) is 3.47. The average molecular weight is 241 g/mol. The number of hydrogen-bond donors (Lipinski definition) is 1. The summed E-state index contributed by atoms with van der Waals surface area (Å²) < 4.78 is 6.24. The molecule has 0 spiro atoms. The number of nitrogens with one attached hydrogen (secondary N) is 1. The normalized spacial score (nSPS) is 10.6. The minimum atomic E-state index is 0.574. The van der Waals surface area contributed by atoms with Crippen molar-refractivity contribution in [3.05, 3.63) is 22.7 Å². The summed E-state index contributed by atoms with van der Waals surface area (Å²) in [5.41, 5.74) is 1.89. The van der Waals surface area contributed by atoms with E-state index in [0.717, 1.165) is 15.5 Å². The summed E-state index contributed by atoms with van der Waals surface area (Å²) in [7, 11) is 0. The SMILES string of the molecule is CCOc1nc2c(Br)cccc2[nH]1. The number of rotatable bonds is 2. The first-order valence-corrected chi connectivity index (χ1v) is 4.87. The molecule has 0 fully saturated rings. The maximum atomic E-state index is 5.26. The molecule has 0 saturated carbocycles. The van der Waals surface area contributed by atoms with Gasteiger partial charge in [-0.1, -0.05) is 6.07 Å². The lowest BCUT2D eigenvalue weighted by Crippen LogP contribution is -1.92. The van der Waals surface area contributed by atoms with E-state index >= 15 is 0 Å². The van der Waals surface area contributed by atoms with Crippen molar-refractivity contribution >= 4 is 27.0 Å². The summed E-state index contributed by atoms with van der Waals surface area (Å²) in [5, 5.41) is 0. The summed E-state index contributed by atoms with van der Waals surface area (Å²) >= 11 is 3.42. The average Bonchev–Trinajstić information content (AvgIpc) is 2.49. The fourth-order valence-electron chi connectivity index (χ4n) is 1.18. The molecule has 0 bridgehead atoms.